The fourth-order valence-corrected chi connectivity index (χ4v) is 2.38. The molecule has 0 aliphatic heterocycles. The molecular weight excluding hydrogens is 280 g/mol. The lowest BCUT2D eigenvalue weighted by Gasteiger charge is -2.15. The maximum Gasteiger partial charge on any atom is 0.134 e. The Morgan fingerprint density at radius 2 is 1.94 bits per heavy atom. The molecule has 0 aliphatic rings. The van der Waals surface area contributed by atoms with Gasteiger partial charge in [-0.2, -0.15) is 0 Å². The van der Waals surface area contributed by atoms with Gasteiger partial charge in [0.2, 0.25) is 0 Å². The summed E-state index contributed by atoms with van der Waals surface area (Å²) in [6.45, 7) is 2.57. The summed E-state index contributed by atoms with van der Waals surface area (Å²) in [5, 5.41) is 2.36. The smallest absolute Gasteiger partial charge is 0.134 e. The van der Waals surface area contributed by atoms with Crippen molar-refractivity contribution in [3.8, 4) is 5.75 Å². The van der Waals surface area contributed by atoms with Gasteiger partial charge in [0.15, 0.2) is 0 Å². The van der Waals surface area contributed by atoms with E-state index in [1.165, 1.54) is 5.39 Å². The van der Waals surface area contributed by atoms with Crippen LogP contribution in [0.4, 0.5) is 0 Å². The van der Waals surface area contributed by atoms with Crippen molar-refractivity contribution < 1.29 is 9.47 Å². The second-order valence-corrected chi connectivity index (χ2v) is 4.78. The number of rotatable bonds is 4. The van der Waals surface area contributed by atoms with Crippen molar-refractivity contribution in [2.45, 2.75) is 13.0 Å². The second-order valence-electron chi connectivity index (χ2n) is 3.98. The summed E-state index contributed by atoms with van der Waals surface area (Å²) < 4.78 is 11.9. The average molecular weight is 295 g/mol. The van der Waals surface area contributed by atoms with Gasteiger partial charge in [-0.15, -0.1) is 0 Å². The molecule has 2 nitrogen and oxygen atoms in total. The summed E-state index contributed by atoms with van der Waals surface area (Å²) in [6.07, 6.45) is 0.0393. The molecule has 0 saturated heterocycles. The molecule has 1 atom stereocenters. The van der Waals surface area contributed by atoms with Crippen LogP contribution in [0.2, 0.25) is 0 Å². The van der Waals surface area contributed by atoms with E-state index in [1.54, 1.807) is 7.11 Å². The van der Waals surface area contributed by atoms with Crippen LogP contribution in [0.15, 0.2) is 40.9 Å². The maximum absolute atomic E-state index is 5.82. The third kappa shape index (κ3) is 2.79. The monoisotopic (exact) mass is 294 g/mol. The molecule has 0 fully saturated rings. The molecule has 0 saturated carbocycles. The number of hydrogen-bond acceptors (Lipinski definition) is 2. The van der Waals surface area contributed by atoms with Crippen molar-refractivity contribution in [1.29, 1.82) is 0 Å². The molecule has 0 radical (unpaired) electrons. The van der Waals surface area contributed by atoms with Gasteiger partial charge in [-0.25, -0.2) is 0 Å². The van der Waals surface area contributed by atoms with Gasteiger partial charge in [0.1, 0.15) is 11.9 Å². The number of halogens is 1. The van der Waals surface area contributed by atoms with Crippen LogP contribution in [0.1, 0.15) is 6.92 Å². The summed E-state index contributed by atoms with van der Waals surface area (Å²) in [6, 6.07) is 12.3. The van der Waals surface area contributed by atoms with Crippen LogP contribution >= 0.6 is 15.9 Å². The molecule has 90 valence electrons. The van der Waals surface area contributed by atoms with E-state index in [1.807, 2.05) is 25.1 Å². The number of methoxy groups -OCH3 is 1. The normalized spacial score (nSPS) is 12.6. The maximum atomic E-state index is 5.82. The number of ether oxygens (including phenoxy) is 2. The van der Waals surface area contributed by atoms with E-state index in [-0.39, 0.29) is 6.10 Å². The standard InChI is InChI=1S/C14H15BrO2/c1-10(9-16-2)17-13-8-7-11-5-3-4-6-12(11)14(13)15/h3-8,10H,9H2,1-2H3. The first-order valence-corrected chi connectivity index (χ1v) is 6.34. The van der Waals surface area contributed by atoms with Gasteiger partial charge in [-0.3, -0.25) is 0 Å². The van der Waals surface area contributed by atoms with E-state index in [0.717, 1.165) is 15.6 Å². The zero-order valence-corrected chi connectivity index (χ0v) is 11.5. The van der Waals surface area contributed by atoms with Crippen molar-refractivity contribution in [2.24, 2.45) is 0 Å². The minimum atomic E-state index is 0.0393. The Hall–Kier alpha value is -1.06. The van der Waals surface area contributed by atoms with Crippen molar-refractivity contribution in [3.05, 3.63) is 40.9 Å². The highest BCUT2D eigenvalue weighted by Crippen LogP contribution is 2.33. The minimum absolute atomic E-state index is 0.0393. The van der Waals surface area contributed by atoms with Crippen LogP contribution in [-0.2, 0) is 4.74 Å². The third-order valence-electron chi connectivity index (χ3n) is 2.56. The molecule has 17 heavy (non-hydrogen) atoms. The molecule has 2 rings (SSSR count). The van der Waals surface area contributed by atoms with Crippen molar-refractivity contribution >= 4 is 26.7 Å². The van der Waals surface area contributed by atoms with Gasteiger partial charge < -0.3 is 9.47 Å². The predicted octanol–water partition coefficient (Wildman–Crippen LogP) is 4.02. The lowest BCUT2D eigenvalue weighted by atomic mass is 10.1. The van der Waals surface area contributed by atoms with Gasteiger partial charge in [0.25, 0.3) is 0 Å². The Labute approximate surface area is 110 Å². The zero-order chi connectivity index (χ0) is 12.3. The summed E-state index contributed by atoms with van der Waals surface area (Å²) in [5.74, 6) is 0.855. The summed E-state index contributed by atoms with van der Waals surface area (Å²) in [7, 11) is 1.68. The van der Waals surface area contributed by atoms with Crippen LogP contribution in [-0.4, -0.2) is 19.8 Å². The highest BCUT2D eigenvalue weighted by atomic mass is 79.9. The fraction of sp³-hybridized carbons (Fsp3) is 0.286. The Balaban J connectivity index is 2.32. The molecule has 0 aromatic heterocycles. The molecular formula is C14H15BrO2. The van der Waals surface area contributed by atoms with Crippen LogP contribution in [0.25, 0.3) is 10.8 Å². The SMILES string of the molecule is COCC(C)Oc1ccc2ccccc2c1Br. The average Bonchev–Trinajstić information content (AvgIpc) is 2.33. The van der Waals surface area contributed by atoms with Gasteiger partial charge >= 0.3 is 0 Å². The van der Waals surface area contributed by atoms with E-state index in [4.69, 9.17) is 9.47 Å². The van der Waals surface area contributed by atoms with E-state index < -0.39 is 0 Å². The lowest BCUT2D eigenvalue weighted by molar-refractivity contribution is 0.0917. The highest BCUT2D eigenvalue weighted by Gasteiger charge is 2.09. The Kier molecular flexibility index (Phi) is 4.02. The fourth-order valence-electron chi connectivity index (χ4n) is 1.79. The molecule has 0 amide bonds. The van der Waals surface area contributed by atoms with E-state index >= 15 is 0 Å². The molecule has 0 heterocycles. The number of fused-ring (bicyclic) bond motifs is 1. The summed E-state index contributed by atoms with van der Waals surface area (Å²) in [5.41, 5.74) is 0. The third-order valence-corrected chi connectivity index (χ3v) is 3.38. The number of hydrogen-bond donors (Lipinski definition) is 0. The largest absolute Gasteiger partial charge is 0.487 e. The first kappa shape index (κ1) is 12.4. The Bertz CT molecular complexity index is 511. The Morgan fingerprint density at radius 3 is 2.71 bits per heavy atom. The van der Waals surface area contributed by atoms with E-state index in [2.05, 4.69) is 34.1 Å². The van der Waals surface area contributed by atoms with E-state index in [9.17, 15) is 0 Å². The number of benzene rings is 2. The van der Waals surface area contributed by atoms with Crippen LogP contribution in [0.5, 0.6) is 5.75 Å². The quantitative estimate of drug-likeness (QED) is 0.848. The molecule has 0 aliphatic carbocycles. The van der Waals surface area contributed by atoms with Crippen molar-refractivity contribution in [3.63, 3.8) is 0 Å². The highest BCUT2D eigenvalue weighted by molar-refractivity contribution is 9.10. The molecule has 3 heteroatoms. The summed E-state index contributed by atoms with van der Waals surface area (Å²) in [4.78, 5) is 0. The zero-order valence-electron chi connectivity index (χ0n) is 9.94. The predicted molar refractivity (Wildman–Crippen MR) is 73.6 cm³/mol. The molecule has 0 spiro atoms. The molecule has 2 aromatic carbocycles. The molecule has 0 bridgehead atoms. The van der Waals surface area contributed by atoms with Crippen LogP contribution in [0.3, 0.4) is 0 Å². The van der Waals surface area contributed by atoms with Crippen LogP contribution < -0.4 is 4.74 Å². The molecule has 2 aromatic rings. The van der Waals surface area contributed by atoms with Gasteiger partial charge in [0, 0.05) is 7.11 Å². The van der Waals surface area contributed by atoms with E-state index in [0.29, 0.717) is 6.61 Å². The van der Waals surface area contributed by atoms with Gasteiger partial charge in [-0.1, -0.05) is 30.3 Å². The first-order valence-electron chi connectivity index (χ1n) is 5.55. The van der Waals surface area contributed by atoms with Crippen molar-refractivity contribution in [2.75, 3.05) is 13.7 Å². The minimum Gasteiger partial charge on any atom is -0.487 e. The van der Waals surface area contributed by atoms with Crippen molar-refractivity contribution in [1.82, 2.24) is 0 Å². The Morgan fingerprint density at radius 1 is 1.18 bits per heavy atom. The molecule has 0 N–H and O–H groups in total. The van der Waals surface area contributed by atoms with Gasteiger partial charge in [-0.05, 0) is 39.7 Å². The first-order chi connectivity index (χ1) is 8.22. The van der Waals surface area contributed by atoms with Gasteiger partial charge in [0.05, 0.1) is 11.1 Å². The second kappa shape index (κ2) is 5.52. The topological polar surface area (TPSA) is 18.5 Å². The summed E-state index contributed by atoms with van der Waals surface area (Å²) >= 11 is 3.60. The lowest BCUT2D eigenvalue weighted by Crippen LogP contribution is -2.18. The molecule has 1 unspecified atom stereocenters. The van der Waals surface area contributed by atoms with Crippen LogP contribution in [0, 0.1) is 0 Å².